The number of rotatable bonds is 2. The molecule has 0 aliphatic carbocycles. The molecule has 0 unspecified atom stereocenters. The van der Waals surface area contributed by atoms with E-state index in [2.05, 4.69) is 20.9 Å². The number of pyridine rings is 1. The molecule has 0 radical (unpaired) electrons. The van der Waals surface area contributed by atoms with Crippen LogP contribution in [-0.2, 0) is 0 Å². The number of aromatic nitrogens is 1. The third-order valence-corrected chi connectivity index (χ3v) is 3.63. The third-order valence-electron chi connectivity index (χ3n) is 3.17. The van der Waals surface area contributed by atoms with Crippen LogP contribution in [0.2, 0.25) is 0 Å². The second-order valence-electron chi connectivity index (χ2n) is 4.76. The predicted octanol–water partition coefficient (Wildman–Crippen LogP) is 4.54. The summed E-state index contributed by atoms with van der Waals surface area (Å²) >= 11 is 3.43. The lowest BCUT2D eigenvalue weighted by Crippen LogP contribution is -2.02. The van der Waals surface area contributed by atoms with Crippen molar-refractivity contribution in [2.24, 2.45) is 0 Å². The van der Waals surface area contributed by atoms with Gasteiger partial charge in [-0.05, 0) is 42.8 Å². The van der Waals surface area contributed by atoms with Crippen LogP contribution >= 0.6 is 15.9 Å². The number of halogens is 1. The zero-order valence-corrected chi connectivity index (χ0v) is 12.5. The van der Waals surface area contributed by atoms with Crippen LogP contribution in [0.4, 0.5) is 0 Å². The molecule has 20 heavy (non-hydrogen) atoms. The molecular formula is C17H12BrNO. The average Bonchev–Trinajstić information content (AvgIpc) is 2.45. The van der Waals surface area contributed by atoms with E-state index in [1.807, 2.05) is 55.5 Å². The van der Waals surface area contributed by atoms with Crippen molar-refractivity contribution in [1.82, 2.24) is 4.98 Å². The number of benzene rings is 2. The molecule has 2 nitrogen and oxygen atoms in total. The fourth-order valence-electron chi connectivity index (χ4n) is 2.24. The maximum atomic E-state index is 12.5. The van der Waals surface area contributed by atoms with E-state index in [1.165, 1.54) is 0 Å². The molecule has 0 atom stereocenters. The fraction of sp³-hybridized carbons (Fsp3) is 0.0588. The largest absolute Gasteiger partial charge is 0.289 e. The van der Waals surface area contributed by atoms with E-state index in [4.69, 9.17) is 0 Å². The second kappa shape index (κ2) is 5.17. The van der Waals surface area contributed by atoms with Gasteiger partial charge in [-0.25, -0.2) is 0 Å². The normalized spacial score (nSPS) is 10.7. The van der Waals surface area contributed by atoms with E-state index in [9.17, 15) is 4.79 Å². The van der Waals surface area contributed by atoms with Crippen LogP contribution in [0.15, 0.2) is 59.2 Å². The van der Waals surface area contributed by atoms with Crippen molar-refractivity contribution >= 4 is 32.6 Å². The Labute approximate surface area is 125 Å². The Kier molecular flexibility index (Phi) is 3.36. The highest BCUT2D eigenvalue weighted by Gasteiger charge is 2.11. The summed E-state index contributed by atoms with van der Waals surface area (Å²) in [4.78, 5) is 16.8. The second-order valence-corrected chi connectivity index (χ2v) is 5.67. The predicted molar refractivity (Wildman–Crippen MR) is 84.1 cm³/mol. The molecule has 0 saturated carbocycles. The summed E-state index contributed by atoms with van der Waals surface area (Å²) in [7, 11) is 0. The summed E-state index contributed by atoms with van der Waals surface area (Å²) in [5, 5.41) is 1.04. The van der Waals surface area contributed by atoms with E-state index >= 15 is 0 Å². The van der Waals surface area contributed by atoms with Crippen LogP contribution in [0, 0.1) is 6.92 Å². The van der Waals surface area contributed by atoms with Crippen LogP contribution in [0.5, 0.6) is 0 Å². The van der Waals surface area contributed by atoms with Gasteiger partial charge in [-0.1, -0.05) is 34.1 Å². The average molecular weight is 326 g/mol. The van der Waals surface area contributed by atoms with E-state index in [-0.39, 0.29) is 5.78 Å². The van der Waals surface area contributed by atoms with E-state index in [0.717, 1.165) is 20.9 Å². The summed E-state index contributed by atoms with van der Waals surface area (Å²) in [6, 6.07) is 15.2. The molecule has 1 heterocycles. The Morgan fingerprint density at radius 2 is 1.90 bits per heavy atom. The number of hydrogen-bond donors (Lipinski definition) is 0. The molecule has 0 spiro atoms. The molecule has 0 fully saturated rings. The minimum atomic E-state index is 0.0157. The number of carbonyl (C=O) groups is 1. The number of carbonyl (C=O) groups excluding carboxylic acids is 1. The van der Waals surface area contributed by atoms with Crippen LogP contribution in [0.3, 0.4) is 0 Å². The fourth-order valence-corrected chi connectivity index (χ4v) is 2.85. The summed E-state index contributed by atoms with van der Waals surface area (Å²) < 4.78 is 0.916. The molecule has 3 aromatic rings. The first-order chi connectivity index (χ1) is 9.63. The standard InChI is InChI=1S/C17H12BrNO/c1-11-7-14(9-15(18)8-11)17(20)13-5-4-12-3-2-6-19-16(12)10-13/h2-10H,1H3. The molecule has 98 valence electrons. The highest BCUT2D eigenvalue weighted by molar-refractivity contribution is 9.10. The van der Waals surface area contributed by atoms with Gasteiger partial charge in [-0.2, -0.15) is 0 Å². The number of fused-ring (bicyclic) bond motifs is 1. The minimum Gasteiger partial charge on any atom is -0.289 e. The lowest BCUT2D eigenvalue weighted by atomic mass is 10.0. The van der Waals surface area contributed by atoms with Gasteiger partial charge in [0.25, 0.3) is 0 Å². The van der Waals surface area contributed by atoms with Gasteiger partial charge in [0.2, 0.25) is 0 Å². The van der Waals surface area contributed by atoms with Gasteiger partial charge in [-0.3, -0.25) is 9.78 Å². The van der Waals surface area contributed by atoms with Crippen LogP contribution in [-0.4, -0.2) is 10.8 Å². The van der Waals surface area contributed by atoms with Gasteiger partial charge in [0.1, 0.15) is 0 Å². The number of nitrogens with zero attached hydrogens (tertiary/aromatic N) is 1. The van der Waals surface area contributed by atoms with Gasteiger partial charge in [-0.15, -0.1) is 0 Å². The molecule has 0 N–H and O–H groups in total. The van der Waals surface area contributed by atoms with Gasteiger partial charge in [0.05, 0.1) is 5.52 Å². The number of hydrogen-bond acceptors (Lipinski definition) is 2. The molecule has 3 rings (SSSR count). The Bertz CT molecular complexity index is 791. The van der Waals surface area contributed by atoms with Crippen molar-refractivity contribution in [3.8, 4) is 0 Å². The first-order valence-electron chi connectivity index (χ1n) is 6.30. The van der Waals surface area contributed by atoms with E-state index < -0.39 is 0 Å². The van der Waals surface area contributed by atoms with E-state index in [1.54, 1.807) is 6.20 Å². The van der Waals surface area contributed by atoms with Crippen molar-refractivity contribution in [2.75, 3.05) is 0 Å². The molecular weight excluding hydrogens is 314 g/mol. The maximum Gasteiger partial charge on any atom is 0.193 e. The Hall–Kier alpha value is -2.00. The molecule has 0 amide bonds. The zero-order valence-electron chi connectivity index (χ0n) is 10.9. The van der Waals surface area contributed by atoms with Crippen LogP contribution in [0.25, 0.3) is 10.9 Å². The van der Waals surface area contributed by atoms with Crippen molar-refractivity contribution in [3.63, 3.8) is 0 Å². The Morgan fingerprint density at radius 1 is 1.05 bits per heavy atom. The molecule has 3 heteroatoms. The third kappa shape index (κ3) is 2.49. The summed E-state index contributed by atoms with van der Waals surface area (Å²) in [6.45, 7) is 1.98. The van der Waals surface area contributed by atoms with Crippen molar-refractivity contribution in [2.45, 2.75) is 6.92 Å². The lowest BCUT2D eigenvalue weighted by Gasteiger charge is -2.05. The van der Waals surface area contributed by atoms with Gasteiger partial charge in [0.15, 0.2) is 5.78 Å². The minimum absolute atomic E-state index is 0.0157. The first kappa shape index (κ1) is 13.0. The van der Waals surface area contributed by atoms with Crippen molar-refractivity contribution in [3.05, 3.63) is 75.9 Å². The van der Waals surface area contributed by atoms with Crippen molar-refractivity contribution < 1.29 is 4.79 Å². The summed E-state index contributed by atoms with van der Waals surface area (Å²) in [6.07, 6.45) is 1.74. The van der Waals surface area contributed by atoms with Gasteiger partial charge in [0, 0.05) is 27.2 Å². The smallest absolute Gasteiger partial charge is 0.193 e. The highest BCUT2D eigenvalue weighted by atomic mass is 79.9. The quantitative estimate of drug-likeness (QED) is 0.647. The first-order valence-corrected chi connectivity index (χ1v) is 7.09. The van der Waals surface area contributed by atoms with Gasteiger partial charge < -0.3 is 0 Å². The Balaban J connectivity index is 2.07. The molecule has 2 aromatic carbocycles. The van der Waals surface area contributed by atoms with E-state index in [0.29, 0.717) is 11.1 Å². The molecule has 0 bridgehead atoms. The SMILES string of the molecule is Cc1cc(Br)cc(C(=O)c2ccc3cccnc3c2)c1. The highest BCUT2D eigenvalue weighted by Crippen LogP contribution is 2.20. The molecule has 0 aliphatic rings. The lowest BCUT2D eigenvalue weighted by molar-refractivity contribution is 0.103. The summed E-state index contributed by atoms with van der Waals surface area (Å²) in [5.74, 6) is 0.0157. The maximum absolute atomic E-state index is 12.5. The Morgan fingerprint density at radius 3 is 2.70 bits per heavy atom. The number of aryl methyl sites for hydroxylation is 1. The monoisotopic (exact) mass is 325 g/mol. The van der Waals surface area contributed by atoms with Gasteiger partial charge >= 0.3 is 0 Å². The molecule has 1 aromatic heterocycles. The zero-order chi connectivity index (χ0) is 14.1. The topological polar surface area (TPSA) is 30.0 Å². The molecule has 0 aliphatic heterocycles. The van der Waals surface area contributed by atoms with Crippen molar-refractivity contribution in [1.29, 1.82) is 0 Å². The molecule has 0 saturated heterocycles. The van der Waals surface area contributed by atoms with Crippen LogP contribution < -0.4 is 0 Å². The number of ketones is 1. The van der Waals surface area contributed by atoms with Crippen LogP contribution in [0.1, 0.15) is 21.5 Å². The summed E-state index contributed by atoms with van der Waals surface area (Å²) in [5.41, 5.74) is 3.24.